The third-order valence-corrected chi connectivity index (χ3v) is 6.26. The lowest BCUT2D eigenvalue weighted by Crippen LogP contribution is -2.49. The van der Waals surface area contributed by atoms with Crippen LogP contribution in [0.5, 0.6) is 0 Å². The van der Waals surface area contributed by atoms with Crippen molar-refractivity contribution in [1.82, 2.24) is 4.90 Å². The van der Waals surface area contributed by atoms with Crippen LogP contribution in [-0.2, 0) is 16.3 Å². The van der Waals surface area contributed by atoms with Crippen molar-refractivity contribution >= 4 is 9.84 Å². The topological polar surface area (TPSA) is 37.4 Å². The fourth-order valence-corrected chi connectivity index (χ4v) is 3.94. The van der Waals surface area contributed by atoms with Gasteiger partial charge in [0.25, 0.3) is 0 Å². The van der Waals surface area contributed by atoms with E-state index in [0.717, 1.165) is 18.4 Å². The zero-order chi connectivity index (χ0) is 14.8. The normalized spacial score (nSPS) is 24.4. The summed E-state index contributed by atoms with van der Waals surface area (Å²) in [6.07, 6.45) is 1.73. The smallest absolute Gasteiger partial charge is 0.155 e. The lowest BCUT2D eigenvalue weighted by Gasteiger charge is -2.35. The molecule has 1 aliphatic heterocycles. The standard InChI is InChI=1S/C15H22FNO2S/c1-12(6-7-14-4-3-5-15(16)10-14)17-8-9-20(18,19)13(2)11-17/h3-5,10,12-13H,6-9,11H2,1-2H3/t12-,13+/m0/s1. The van der Waals surface area contributed by atoms with E-state index in [1.54, 1.807) is 19.1 Å². The van der Waals surface area contributed by atoms with Gasteiger partial charge in [-0.2, -0.15) is 0 Å². The van der Waals surface area contributed by atoms with E-state index in [0.29, 0.717) is 19.1 Å². The van der Waals surface area contributed by atoms with Gasteiger partial charge < -0.3 is 0 Å². The van der Waals surface area contributed by atoms with Gasteiger partial charge >= 0.3 is 0 Å². The number of rotatable bonds is 4. The Bertz CT molecular complexity index is 559. The SMILES string of the molecule is C[C@@H]1CN([C@@H](C)CCc2cccc(F)c2)CCS1(=O)=O. The minimum absolute atomic E-state index is 0.201. The first-order valence-electron chi connectivity index (χ1n) is 7.08. The second-order valence-electron chi connectivity index (χ2n) is 5.69. The Balaban J connectivity index is 1.88. The summed E-state index contributed by atoms with van der Waals surface area (Å²) in [5, 5.41) is -0.284. The summed E-state index contributed by atoms with van der Waals surface area (Å²) in [6, 6.07) is 6.99. The molecule has 2 rings (SSSR count). The summed E-state index contributed by atoms with van der Waals surface area (Å²) in [6.45, 7) is 5.11. The van der Waals surface area contributed by atoms with Crippen molar-refractivity contribution in [2.24, 2.45) is 0 Å². The van der Waals surface area contributed by atoms with E-state index >= 15 is 0 Å². The molecule has 20 heavy (non-hydrogen) atoms. The molecular weight excluding hydrogens is 277 g/mol. The van der Waals surface area contributed by atoms with Gasteiger partial charge in [-0.15, -0.1) is 0 Å². The van der Waals surface area contributed by atoms with Crippen molar-refractivity contribution < 1.29 is 12.8 Å². The van der Waals surface area contributed by atoms with Crippen LogP contribution in [0.4, 0.5) is 4.39 Å². The summed E-state index contributed by atoms with van der Waals surface area (Å²) in [4.78, 5) is 2.23. The molecule has 0 amide bonds. The minimum Gasteiger partial charge on any atom is -0.298 e. The predicted molar refractivity (Wildman–Crippen MR) is 79.0 cm³/mol. The van der Waals surface area contributed by atoms with Crippen LogP contribution in [0.25, 0.3) is 0 Å². The van der Waals surface area contributed by atoms with Crippen molar-refractivity contribution in [1.29, 1.82) is 0 Å². The Labute approximate surface area is 120 Å². The van der Waals surface area contributed by atoms with E-state index in [1.807, 2.05) is 6.07 Å². The maximum atomic E-state index is 13.1. The number of halogens is 1. The summed E-state index contributed by atoms with van der Waals surface area (Å²) in [5.74, 6) is 0.0474. The molecule has 0 radical (unpaired) electrons. The van der Waals surface area contributed by atoms with Gasteiger partial charge in [0.2, 0.25) is 0 Å². The number of hydrogen-bond donors (Lipinski definition) is 0. The highest BCUT2D eigenvalue weighted by molar-refractivity contribution is 7.92. The Morgan fingerprint density at radius 3 is 2.85 bits per heavy atom. The maximum absolute atomic E-state index is 13.1. The summed E-state index contributed by atoms with van der Waals surface area (Å²) < 4.78 is 36.5. The highest BCUT2D eigenvalue weighted by Crippen LogP contribution is 2.17. The fourth-order valence-electron chi connectivity index (χ4n) is 2.63. The van der Waals surface area contributed by atoms with Crippen molar-refractivity contribution in [3.05, 3.63) is 35.6 Å². The highest BCUT2D eigenvalue weighted by atomic mass is 32.2. The molecule has 1 aromatic rings. The molecule has 0 spiro atoms. The van der Waals surface area contributed by atoms with Gasteiger partial charge in [-0.1, -0.05) is 12.1 Å². The van der Waals surface area contributed by atoms with Crippen LogP contribution in [0, 0.1) is 5.82 Å². The van der Waals surface area contributed by atoms with Crippen LogP contribution in [0.1, 0.15) is 25.8 Å². The van der Waals surface area contributed by atoms with Gasteiger partial charge in [0.05, 0.1) is 11.0 Å². The molecule has 5 heteroatoms. The third-order valence-electron chi connectivity index (χ3n) is 4.13. The number of sulfone groups is 1. The number of benzene rings is 1. The van der Waals surface area contributed by atoms with Gasteiger partial charge in [0, 0.05) is 19.1 Å². The molecule has 1 fully saturated rings. The second-order valence-corrected chi connectivity index (χ2v) is 8.23. The Hall–Kier alpha value is -0.940. The summed E-state index contributed by atoms with van der Waals surface area (Å²) >= 11 is 0. The first-order valence-corrected chi connectivity index (χ1v) is 8.80. The van der Waals surface area contributed by atoms with Gasteiger partial charge in [-0.05, 0) is 44.4 Å². The van der Waals surface area contributed by atoms with Gasteiger partial charge in [-0.25, -0.2) is 12.8 Å². The second kappa shape index (κ2) is 6.22. The molecule has 3 nitrogen and oxygen atoms in total. The molecule has 0 N–H and O–H groups in total. The van der Waals surface area contributed by atoms with E-state index in [-0.39, 0.29) is 16.8 Å². The number of aryl methyl sites for hydroxylation is 1. The molecule has 1 saturated heterocycles. The molecule has 0 bridgehead atoms. The van der Waals surface area contributed by atoms with Crippen LogP contribution in [0.2, 0.25) is 0 Å². The van der Waals surface area contributed by atoms with Crippen molar-refractivity contribution in [3.63, 3.8) is 0 Å². The van der Waals surface area contributed by atoms with Crippen molar-refractivity contribution in [3.8, 4) is 0 Å². The average molecular weight is 299 g/mol. The van der Waals surface area contributed by atoms with Gasteiger partial charge in [0.15, 0.2) is 9.84 Å². The van der Waals surface area contributed by atoms with Gasteiger partial charge in [-0.3, -0.25) is 4.90 Å². The van der Waals surface area contributed by atoms with Crippen LogP contribution < -0.4 is 0 Å². The number of nitrogens with zero attached hydrogens (tertiary/aromatic N) is 1. The average Bonchev–Trinajstić information content (AvgIpc) is 2.39. The van der Waals surface area contributed by atoms with Crippen LogP contribution >= 0.6 is 0 Å². The van der Waals surface area contributed by atoms with Crippen LogP contribution in [-0.4, -0.2) is 43.5 Å². The molecule has 0 saturated carbocycles. The molecule has 112 valence electrons. The molecule has 1 aliphatic rings. The quantitative estimate of drug-likeness (QED) is 0.856. The molecule has 0 aromatic heterocycles. The van der Waals surface area contributed by atoms with E-state index in [1.165, 1.54) is 6.07 Å². The van der Waals surface area contributed by atoms with Crippen molar-refractivity contribution in [2.45, 2.75) is 38.0 Å². The zero-order valence-electron chi connectivity index (χ0n) is 12.0. The molecule has 2 atom stereocenters. The first-order chi connectivity index (χ1) is 9.38. The maximum Gasteiger partial charge on any atom is 0.155 e. The monoisotopic (exact) mass is 299 g/mol. The summed E-state index contributed by atoms with van der Waals surface area (Å²) in [5.41, 5.74) is 0.995. The lowest BCUT2D eigenvalue weighted by atomic mass is 10.0. The fraction of sp³-hybridized carbons (Fsp3) is 0.600. The van der Waals surface area contributed by atoms with Crippen LogP contribution in [0.15, 0.2) is 24.3 Å². The molecular formula is C15H22FNO2S. The largest absolute Gasteiger partial charge is 0.298 e. The highest BCUT2D eigenvalue weighted by Gasteiger charge is 2.31. The van der Waals surface area contributed by atoms with E-state index < -0.39 is 9.84 Å². The lowest BCUT2D eigenvalue weighted by molar-refractivity contribution is 0.204. The summed E-state index contributed by atoms with van der Waals surface area (Å²) in [7, 11) is -2.89. The minimum atomic E-state index is -2.89. The van der Waals surface area contributed by atoms with E-state index in [4.69, 9.17) is 0 Å². The van der Waals surface area contributed by atoms with Crippen LogP contribution in [0.3, 0.4) is 0 Å². The van der Waals surface area contributed by atoms with Gasteiger partial charge in [0.1, 0.15) is 5.82 Å². The number of hydrogen-bond acceptors (Lipinski definition) is 3. The molecule has 1 aromatic carbocycles. The zero-order valence-corrected chi connectivity index (χ0v) is 12.9. The molecule has 1 heterocycles. The predicted octanol–water partition coefficient (Wildman–Crippen LogP) is 2.27. The van der Waals surface area contributed by atoms with E-state index in [9.17, 15) is 12.8 Å². The Kier molecular flexibility index (Phi) is 4.81. The third kappa shape index (κ3) is 3.79. The Morgan fingerprint density at radius 1 is 1.45 bits per heavy atom. The molecule has 0 unspecified atom stereocenters. The first kappa shape index (κ1) is 15.4. The molecule has 0 aliphatic carbocycles. The van der Waals surface area contributed by atoms with Crippen molar-refractivity contribution in [2.75, 3.05) is 18.8 Å². The Morgan fingerprint density at radius 2 is 2.20 bits per heavy atom. The van der Waals surface area contributed by atoms with E-state index in [2.05, 4.69) is 11.8 Å².